The fraction of sp³-hybridized carbons (Fsp3) is 0.600. The number of rotatable bonds is 4. The lowest BCUT2D eigenvalue weighted by Crippen LogP contribution is -2.08. The van der Waals surface area contributed by atoms with Crippen LogP contribution in [0.15, 0.2) is 24.3 Å². The van der Waals surface area contributed by atoms with Gasteiger partial charge in [-0.25, -0.2) is 0 Å². The highest BCUT2D eigenvalue weighted by molar-refractivity contribution is 5.25. The highest BCUT2D eigenvalue weighted by Gasteiger charge is 2.15. The minimum absolute atomic E-state index is 0.487. The predicted molar refractivity (Wildman–Crippen MR) is 69.6 cm³/mol. The summed E-state index contributed by atoms with van der Waals surface area (Å²) in [5.41, 5.74) is 8.55. The molecule has 1 nitrogen and oxygen atoms in total. The molecule has 0 bridgehead atoms. The van der Waals surface area contributed by atoms with Gasteiger partial charge in [-0.05, 0) is 35.9 Å². The van der Waals surface area contributed by atoms with Crippen molar-refractivity contribution in [2.24, 2.45) is 11.7 Å². The van der Waals surface area contributed by atoms with E-state index in [1.807, 2.05) is 0 Å². The predicted octanol–water partition coefficient (Wildman–Crippen LogP) is 3.48. The van der Waals surface area contributed by atoms with E-state index in [0.29, 0.717) is 5.92 Å². The number of benzene rings is 1. The van der Waals surface area contributed by atoms with Crippen molar-refractivity contribution in [1.29, 1.82) is 0 Å². The van der Waals surface area contributed by atoms with Gasteiger partial charge in [0.05, 0.1) is 0 Å². The molecular weight excluding hydrogens is 194 g/mol. The van der Waals surface area contributed by atoms with Crippen LogP contribution in [0.3, 0.4) is 0 Å². The molecule has 0 amide bonds. The highest BCUT2D eigenvalue weighted by atomic mass is 14.5. The largest absolute Gasteiger partial charge is 0.330 e. The smallest absolute Gasteiger partial charge is 0.00109 e. The Hall–Kier alpha value is -0.820. The van der Waals surface area contributed by atoms with Gasteiger partial charge in [0.2, 0.25) is 0 Å². The Morgan fingerprint density at radius 3 is 2.38 bits per heavy atom. The van der Waals surface area contributed by atoms with Gasteiger partial charge in [0.25, 0.3) is 0 Å². The summed E-state index contributed by atoms with van der Waals surface area (Å²) in [6, 6.07) is 9.09. The number of hydrogen-bond acceptors (Lipinski definition) is 1. The number of nitrogens with two attached hydrogens (primary N) is 1. The molecule has 2 N–H and O–H groups in total. The summed E-state index contributed by atoms with van der Waals surface area (Å²) >= 11 is 0. The third kappa shape index (κ3) is 2.85. The third-order valence-electron chi connectivity index (χ3n) is 3.90. The molecule has 1 saturated carbocycles. The summed E-state index contributed by atoms with van der Waals surface area (Å²) in [5, 5.41) is 0. The van der Waals surface area contributed by atoms with Crippen molar-refractivity contribution in [2.45, 2.75) is 44.9 Å². The second-order valence-electron chi connectivity index (χ2n) is 5.23. The molecule has 16 heavy (non-hydrogen) atoms. The van der Waals surface area contributed by atoms with Crippen LogP contribution in [0, 0.1) is 5.92 Å². The first-order valence-electron chi connectivity index (χ1n) is 6.58. The Bertz CT molecular complexity index is 309. The van der Waals surface area contributed by atoms with E-state index in [1.165, 1.54) is 43.2 Å². The molecule has 1 aromatic rings. The van der Waals surface area contributed by atoms with Gasteiger partial charge >= 0.3 is 0 Å². The minimum atomic E-state index is 0.487. The molecule has 0 aromatic heterocycles. The van der Waals surface area contributed by atoms with Gasteiger partial charge < -0.3 is 5.73 Å². The Morgan fingerprint density at radius 2 is 1.81 bits per heavy atom. The van der Waals surface area contributed by atoms with Crippen LogP contribution in [0.4, 0.5) is 0 Å². The Labute approximate surface area is 99.0 Å². The average Bonchev–Trinajstić information content (AvgIpc) is 2.82. The van der Waals surface area contributed by atoms with Crippen LogP contribution in [-0.4, -0.2) is 6.54 Å². The summed E-state index contributed by atoms with van der Waals surface area (Å²) in [5.74, 6) is 1.43. The Morgan fingerprint density at radius 1 is 1.19 bits per heavy atom. The molecule has 0 radical (unpaired) electrons. The van der Waals surface area contributed by atoms with E-state index in [2.05, 4.69) is 31.2 Å². The zero-order chi connectivity index (χ0) is 11.4. The van der Waals surface area contributed by atoms with Crippen LogP contribution < -0.4 is 5.73 Å². The molecule has 88 valence electrons. The maximum absolute atomic E-state index is 5.67. The molecule has 0 aliphatic heterocycles. The zero-order valence-corrected chi connectivity index (χ0v) is 10.3. The first-order valence-corrected chi connectivity index (χ1v) is 6.58. The SMILES string of the molecule is CC(CN)c1ccc(CC2CCCC2)cc1. The van der Waals surface area contributed by atoms with E-state index in [-0.39, 0.29) is 0 Å². The molecule has 1 aliphatic rings. The monoisotopic (exact) mass is 217 g/mol. The third-order valence-corrected chi connectivity index (χ3v) is 3.90. The van der Waals surface area contributed by atoms with Crippen LogP contribution in [0.1, 0.15) is 49.7 Å². The lowest BCUT2D eigenvalue weighted by molar-refractivity contribution is 0.546. The molecular formula is C15H23N. The Balaban J connectivity index is 1.96. The standard InChI is InChI=1S/C15H23N/c1-12(11-16)15-8-6-14(7-9-15)10-13-4-2-3-5-13/h6-9,12-13H,2-5,10-11,16H2,1H3. The maximum Gasteiger partial charge on any atom is -0.00109 e. The maximum atomic E-state index is 5.67. The summed E-state index contributed by atoms with van der Waals surface area (Å²) in [7, 11) is 0. The van der Waals surface area contributed by atoms with Crippen LogP contribution in [0.2, 0.25) is 0 Å². The van der Waals surface area contributed by atoms with Crippen LogP contribution >= 0.6 is 0 Å². The van der Waals surface area contributed by atoms with Crippen molar-refractivity contribution < 1.29 is 0 Å². The fourth-order valence-electron chi connectivity index (χ4n) is 2.67. The quantitative estimate of drug-likeness (QED) is 0.821. The van der Waals surface area contributed by atoms with Crippen molar-refractivity contribution in [2.75, 3.05) is 6.54 Å². The normalized spacial score (nSPS) is 18.9. The van der Waals surface area contributed by atoms with E-state index in [1.54, 1.807) is 0 Å². The van der Waals surface area contributed by atoms with E-state index < -0.39 is 0 Å². The van der Waals surface area contributed by atoms with Crippen molar-refractivity contribution in [3.8, 4) is 0 Å². The second kappa shape index (κ2) is 5.49. The van der Waals surface area contributed by atoms with E-state index in [9.17, 15) is 0 Å². The van der Waals surface area contributed by atoms with Gasteiger partial charge in [-0.2, -0.15) is 0 Å². The summed E-state index contributed by atoms with van der Waals surface area (Å²) in [6.45, 7) is 2.92. The van der Waals surface area contributed by atoms with Crippen molar-refractivity contribution >= 4 is 0 Å². The first-order chi connectivity index (χ1) is 7.79. The lowest BCUT2D eigenvalue weighted by Gasteiger charge is -2.12. The number of hydrogen-bond donors (Lipinski definition) is 1. The molecule has 1 fully saturated rings. The molecule has 1 heteroatoms. The van der Waals surface area contributed by atoms with Gasteiger partial charge in [0, 0.05) is 0 Å². The zero-order valence-electron chi connectivity index (χ0n) is 10.3. The molecule has 0 heterocycles. The van der Waals surface area contributed by atoms with E-state index >= 15 is 0 Å². The first kappa shape index (κ1) is 11.7. The van der Waals surface area contributed by atoms with Crippen molar-refractivity contribution in [3.63, 3.8) is 0 Å². The van der Waals surface area contributed by atoms with E-state index in [0.717, 1.165) is 12.5 Å². The van der Waals surface area contributed by atoms with Crippen molar-refractivity contribution in [3.05, 3.63) is 35.4 Å². The van der Waals surface area contributed by atoms with E-state index in [4.69, 9.17) is 5.73 Å². The summed E-state index contributed by atoms with van der Waals surface area (Å²) in [4.78, 5) is 0. The summed E-state index contributed by atoms with van der Waals surface area (Å²) < 4.78 is 0. The van der Waals surface area contributed by atoms with Crippen LogP contribution in [0.5, 0.6) is 0 Å². The topological polar surface area (TPSA) is 26.0 Å². The molecule has 0 spiro atoms. The van der Waals surface area contributed by atoms with Gasteiger partial charge in [-0.3, -0.25) is 0 Å². The molecule has 2 rings (SSSR count). The Kier molecular flexibility index (Phi) is 4.00. The van der Waals surface area contributed by atoms with Gasteiger partial charge in [0.15, 0.2) is 0 Å². The van der Waals surface area contributed by atoms with Crippen molar-refractivity contribution in [1.82, 2.24) is 0 Å². The molecule has 1 atom stereocenters. The molecule has 1 unspecified atom stereocenters. The highest BCUT2D eigenvalue weighted by Crippen LogP contribution is 2.28. The molecule has 0 saturated heterocycles. The van der Waals surface area contributed by atoms with Gasteiger partial charge in [-0.15, -0.1) is 0 Å². The molecule has 1 aromatic carbocycles. The summed E-state index contributed by atoms with van der Waals surface area (Å²) in [6.07, 6.45) is 7.01. The second-order valence-corrected chi connectivity index (χ2v) is 5.23. The van der Waals surface area contributed by atoms with Crippen LogP contribution in [-0.2, 0) is 6.42 Å². The lowest BCUT2D eigenvalue weighted by atomic mass is 9.95. The fourth-order valence-corrected chi connectivity index (χ4v) is 2.67. The minimum Gasteiger partial charge on any atom is -0.330 e. The molecule has 1 aliphatic carbocycles. The van der Waals surface area contributed by atoms with Crippen LogP contribution in [0.25, 0.3) is 0 Å². The average molecular weight is 217 g/mol. The van der Waals surface area contributed by atoms with Gasteiger partial charge in [0.1, 0.15) is 0 Å². The van der Waals surface area contributed by atoms with Gasteiger partial charge in [-0.1, -0.05) is 56.9 Å².